The van der Waals surface area contributed by atoms with E-state index in [9.17, 15) is 9.59 Å². The Kier molecular flexibility index (Phi) is 9.36. The Bertz CT molecular complexity index is 2050. The second-order valence-corrected chi connectivity index (χ2v) is 15.9. The third-order valence-electron chi connectivity index (χ3n) is 11.4. The summed E-state index contributed by atoms with van der Waals surface area (Å²) in [7, 11) is 0. The van der Waals surface area contributed by atoms with E-state index in [2.05, 4.69) is 68.3 Å². The lowest BCUT2D eigenvalue weighted by Gasteiger charge is -2.22. The van der Waals surface area contributed by atoms with Crippen LogP contribution in [-0.2, 0) is 9.59 Å². The van der Waals surface area contributed by atoms with Crippen LogP contribution in [0.2, 0.25) is 0 Å². The zero-order chi connectivity index (χ0) is 36.1. The second kappa shape index (κ2) is 14.1. The van der Waals surface area contributed by atoms with Gasteiger partial charge in [-0.1, -0.05) is 35.9 Å². The summed E-state index contributed by atoms with van der Waals surface area (Å²) in [6.45, 7) is 8.00. The van der Waals surface area contributed by atoms with Crippen LogP contribution >= 0.6 is 11.6 Å². The van der Waals surface area contributed by atoms with Gasteiger partial charge in [-0.2, -0.15) is 10.2 Å². The molecule has 8 rings (SSSR count). The summed E-state index contributed by atoms with van der Waals surface area (Å²) in [5.41, 5.74) is 9.32. The van der Waals surface area contributed by atoms with Crippen molar-refractivity contribution in [3.05, 3.63) is 93.1 Å². The van der Waals surface area contributed by atoms with Gasteiger partial charge >= 0.3 is 0 Å². The summed E-state index contributed by atoms with van der Waals surface area (Å²) in [5, 5.41) is 21.8. The maximum atomic E-state index is 13.3. The van der Waals surface area contributed by atoms with Gasteiger partial charge < -0.3 is 10.6 Å². The molecule has 6 aliphatic rings. The van der Waals surface area contributed by atoms with Crippen LogP contribution in [0, 0.1) is 29.6 Å². The summed E-state index contributed by atoms with van der Waals surface area (Å²) in [6, 6.07) is 3.93. The van der Waals surface area contributed by atoms with Crippen molar-refractivity contribution < 1.29 is 9.59 Å². The molecule has 6 atom stereocenters. The van der Waals surface area contributed by atoms with Gasteiger partial charge in [-0.25, -0.2) is 0 Å². The summed E-state index contributed by atoms with van der Waals surface area (Å²) in [5.74, 6) is 1.87. The monoisotopic (exact) mass is 718 g/mol. The molecule has 0 aromatic carbocycles. The van der Waals surface area contributed by atoms with Crippen LogP contribution in [0.3, 0.4) is 0 Å². The van der Waals surface area contributed by atoms with E-state index >= 15 is 0 Å². The number of allylic oxidation sites excluding steroid dienone is 10. The smallest absolute Gasteiger partial charge is 0.234 e. The molecule has 4 heterocycles. The molecule has 270 valence electrons. The lowest BCUT2D eigenvalue weighted by atomic mass is 9.90. The van der Waals surface area contributed by atoms with Crippen molar-refractivity contribution in [1.82, 2.24) is 20.4 Å². The number of amides is 2. The maximum absolute atomic E-state index is 13.3. The number of fused-ring (bicyclic) bond motifs is 3. The molecule has 2 fully saturated rings. The molecule has 11 heteroatoms. The van der Waals surface area contributed by atoms with E-state index in [1.54, 1.807) is 0 Å². The van der Waals surface area contributed by atoms with Crippen LogP contribution in [0.5, 0.6) is 0 Å². The third kappa shape index (κ3) is 7.35. The van der Waals surface area contributed by atoms with Crippen LogP contribution in [-0.4, -0.2) is 43.6 Å². The van der Waals surface area contributed by atoms with Crippen LogP contribution in [0.15, 0.2) is 91.7 Å². The molecular formula is C41H47ClN8O2. The molecule has 2 aromatic heterocycles. The van der Waals surface area contributed by atoms with Gasteiger partial charge in [-0.15, -0.1) is 0 Å². The SMILES string of the molecule is CC1=CC2=NC([C@@H](C)C(=O)Nc3cc(C4CC4)[nH]n3)=CC(CCC=C1C1CC1c1cc(NC(=O)[C@H](C)C3=CC4CC/C=C(Cl)\C(C)=C/C4=N3)n[nH]1)C2. The van der Waals surface area contributed by atoms with E-state index in [1.807, 2.05) is 39.0 Å². The van der Waals surface area contributed by atoms with Gasteiger partial charge in [-0.3, -0.25) is 29.8 Å². The zero-order valence-electron chi connectivity index (χ0n) is 30.3. The van der Waals surface area contributed by atoms with Crippen molar-refractivity contribution in [2.45, 2.75) is 90.9 Å². The van der Waals surface area contributed by atoms with Gasteiger partial charge in [0.05, 0.1) is 11.8 Å². The molecule has 2 aliphatic heterocycles. The average molecular weight is 719 g/mol. The molecule has 2 saturated carbocycles. The summed E-state index contributed by atoms with van der Waals surface area (Å²) in [4.78, 5) is 36.4. The summed E-state index contributed by atoms with van der Waals surface area (Å²) < 4.78 is 0. The molecule has 10 nitrogen and oxygen atoms in total. The Balaban J connectivity index is 0.892. The normalized spacial score (nSPS) is 28.8. The number of aromatic nitrogens is 4. The highest BCUT2D eigenvalue weighted by Gasteiger charge is 2.43. The number of anilines is 2. The largest absolute Gasteiger partial charge is 0.309 e. The first-order valence-electron chi connectivity index (χ1n) is 18.8. The molecule has 0 saturated heterocycles. The molecule has 52 heavy (non-hydrogen) atoms. The maximum Gasteiger partial charge on any atom is 0.234 e. The average Bonchev–Trinajstić information content (AvgIpc) is 3.98. The van der Waals surface area contributed by atoms with E-state index in [-0.39, 0.29) is 23.7 Å². The van der Waals surface area contributed by atoms with E-state index in [0.29, 0.717) is 35.3 Å². The van der Waals surface area contributed by atoms with Crippen LogP contribution in [0.1, 0.15) is 102 Å². The molecule has 2 bridgehead atoms. The fourth-order valence-corrected chi connectivity index (χ4v) is 8.12. The van der Waals surface area contributed by atoms with Crippen LogP contribution < -0.4 is 10.6 Å². The van der Waals surface area contributed by atoms with E-state index in [4.69, 9.17) is 21.6 Å². The molecule has 4 unspecified atom stereocenters. The highest BCUT2D eigenvalue weighted by molar-refractivity contribution is 6.32. The summed E-state index contributed by atoms with van der Waals surface area (Å²) >= 11 is 6.37. The first-order valence-corrected chi connectivity index (χ1v) is 19.2. The van der Waals surface area contributed by atoms with Gasteiger partial charge in [0.15, 0.2) is 11.6 Å². The molecule has 2 amide bonds. The minimum Gasteiger partial charge on any atom is -0.309 e. The number of aliphatic imine (C=N–C) groups is 2. The van der Waals surface area contributed by atoms with Crippen molar-refractivity contribution in [3.63, 3.8) is 0 Å². The number of carbonyl (C=O) groups excluding carboxylic acids is 2. The van der Waals surface area contributed by atoms with Gasteiger partial charge in [0, 0.05) is 69.1 Å². The first kappa shape index (κ1) is 34.5. The molecule has 0 spiro atoms. The van der Waals surface area contributed by atoms with Crippen molar-refractivity contribution in [1.29, 1.82) is 0 Å². The standard InChI is InChI=1S/C41H47ClN8O2/c1-21-13-28-15-25(16-33(43-28)23(3)40(51)45-38-19-36(47-49-38)26-11-12-26)7-5-9-29(21)30-18-31(30)37-20-39(50-48-37)46-41(52)24(4)34-17-27-8-6-10-32(42)22(2)14-35(27)44-34/h9-10,13-14,16-17,19-20,23-27,30-31H,5-8,11-12,15,18H2,1-4H3,(H2,45,47,49,51)(H2,46,48,50,52)/b21-13?,22-14-,29-9?,32-10+/t23-,24-,25?,27?,30?,31?/m1/s1. The Labute approximate surface area is 309 Å². The number of nitrogens with one attached hydrogen (secondary N) is 4. The number of hydrogen-bond acceptors (Lipinski definition) is 6. The van der Waals surface area contributed by atoms with E-state index in [0.717, 1.165) is 83.3 Å². The minimum atomic E-state index is -0.408. The minimum absolute atomic E-state index is 0.0901. The van der Waals surface area contributed by atoms with E-state index < -0.39 is 5.92 Å². The van der Waals surface area contributed by atoms with Crippen molar-refractivity contribution in [3.8, 4) is 0 Å². The molecule has 0 radical (unpaired) electrons. The van der Waals surface area contributed by atoms with Crippen LogP contribution in [0.25, 0.3) is 0 Å². The number of carbonyl (C=O) groups is 2. The predicted molar refractivity (Wildman–Crippen MR) is 206 cm³/mol. The third-order valence-corrected chi connectivity index (χ3v) is 11.9. The first-order chi connectivity index (χ1) is 25.1. The molecular weight excluding hydrogens is 672 g/mol. The van der Waals surface area contributed by atoms with Gasteiger partial charge in [0.25, 0.3) is 0 Å². The molecule has 4 N–H and O–H groups in total. The number of H-pyrrole nitrogens is 2. The Hall–Kier alpha value is -4.57. The Morgan fingerprint density at radius 1 is 0.808 bits per heavy atom. The Morgan fingerprint density at radius 2 is 1.48 bits per heavy atom. The van der Waals surface area contributed by atoms with Crippen molar-refractivity contribution in [2.24, 2.45) is 39.6 Å². The van der Waals surface area contributed by atoms with Gasteiger partial charge in [-0.05, 0) is 120 Å². The predicted octanol–water partition coefficient (Wildman–Crippen LogP) is 8.79. The van der Waals surface area contributed by atoms with Crippen LogP contribution in [0.4, 0.5) is 11.6 Å². The number of rotatable bonds is 9. The van der Waals surface area contributed by atoms with E-state index in [1.165, 1.54) is 24.0 Å². The number of aromatic amines is 2. The summed E-state index contributed by atoms with van der Waals surface area (Å²) in [6.07, 6.45) is 21.1. The van der Waals surface area contributed by atoms with Gasteiger partial charge in [0.2, 0.25) is 11.8 Å². The molecule has 2 aromatic rings. The topological polar surface area (TPSA) is 140 Å². The van der Waals surface area contributed by atoms with Crippen molar-refractivity contribution in [2.75, 3.05) is 10.6 Å². The van der Waals surface area contributed by atoms with Gasteiger partial charge in [0.1, 0.15) is 0 Å². The lowest BCUT2D eigenvalue weighted by Crippen LogP contribution is -2.24. The Morgan fingerprint density at radius 3 is 2.21 bits per heavy atom. The highest BCUT2D eigenvalue weighted by atomic mass is 35.5. The zero-order valence-corrected chi connectivity index (χ0v) is 31.1. The quantitative estimate of drug-likeness (QED) is 0.206. The number of halogens is 1. The number of nitrogens with zero attached hydrogens (tertiary/aromatic N) is 4. The van der Waals surface area contributed by atoms with Crippen molar-refractivity contribution >= 4 is 46.5 Å². The lowest BCUT2D eigenvalue weighted by molar-refractivity contribution is -0.119. The second-order valence-electron chi connectivity index (χ2n) is 15.5. The highest BCUT2D eigenvalue weighted by Crippen LogP contribution is 2.53. The molecule has 4 aliphatic carbocycles. The fourth-order valence-electron chi connectivity index (χ4n) is 7.96. The number of hydrogen-bond donors (Lipinski definition) is 4. The fraction of sp³-hybridized carbons (Fsp3) is 0.463.